The number of hydrazine groups is 1. The van der Waals surface area contributed by atoms with Crippen LogP contribution in [0.25, 0.3) is 0 Å². The number of nitrogens with one attached hydrogen (secondary N) is 1. The minimum Gasteiger partial charge on any atom is -0.271 e. The van der Waals surface area contributed by atoms with E-state index in [9.17, 15) is 0 Å². The van der Waals surface area contributed by atoms with Crippen LogP contribution in [-0.2, 0) is 12.2 Å². The summed E-state index contributed by atoms with van der Waals surface area (Å²) < 4.78 is 0. The lowest BCUT2D eigenvalue weighted by molar-refractivity contribution is 0.398. The highest BCUT2D eigenvalue weighted by atomic mass is 32.2. The van der Waals surface area contributed by atoms with Crippen LogP contribution in [0.1, 0.15) is 54.5 Å². The molecule has 1 aromatic rings. The number of aryl methyl sites for hydroxylation is 1. The molecule has 18 heavy (non-hydrogen) atoms. The summed E-state index contributed by atoms with van der Waals surface area (Å²) in [7, 11) is 0. The van der Waals surface area contributed by atoms with Crippen LogP contribution >= 0.6 is 23.1 Å². The van der Waals surface area contributed by atoms with E-state index in [1.807, 2.05) is 23.1 Å². The predicted octanol–water partition coefficient (Wildman–Crippen LogP) is 3.87. The average molecular weight is 284 g/mol. The van der Waals surface area contributed by atoms with Crippen molar-refractivity contribution in [3.8, 4) is 0 Å². The Balaban J connectivity index is 2.05. The molecule has 2 atom stereocenters. The maximum atomic E-state index is 5.76. The third-order valence-electron chi connectivity index (χ3n) is 3.61. The molecule has 1 aliphatic heterocycles. The summed E-state index contributed by atoms with van der Waals surface area (Å²) >= 11 is 4.02. The average Bonchev–Trinajstić information content (AvgIpc) is 2.79. The molecule has 2 rings (SSSR count). The van der Waals surface area contributed by atoms with Crippen molar-refractivity contribution < 1.29 is 0 Å². The third-order valence-corrected chi connectivity index (χ3v) is 5.97. The first-order chi connectivity index (χ1) is 8.74. The summed E-state index contributed by atoms with van der Waals surface area (Å²) in [6.07, 6.45) is 4.94. The van der Waals surface area contributed by atoms with Crippen LogP contribution in [0.3, 0.4) is 0 Å². The van der Waals surface area contributed by atoms with Gasteiger partial charge in [0.2, 0.25) is 0 Å². The molecule has 0 spiro atoms. The lowest BCUT2D eigenvalue weighted by Gasteiger charge is -2.18. The highest BCUT2D eigenvalue weighted by Gasteiger charge is 2.20. The molecule has 4 heteroatoms. The lowest BCUT2D eigenvalue weighted by Crippen LogP contribution is -2.28. The van der Waals surface area contributed by atoms with Gasteiger partial charge >= 0.3 is 0 Å². The Morgan fingerprint density at radius 3 is 3.00 bits per heavy atom. The van der Waals surface area contributed by atoms with Crippen molar-refractivity contribution in [3.05, 3.63) is 21.4 Å². The van der Waals surface area contributed by atoms with Crippen molar-refractivity contribution in [2.24, 2.45) is 11.8 Å². The molecule has 102 valence electrons. The van der Waals surface area contributed by atoms with Gasteiger partial charge in [0, 0.05) is 15.5 Å². The van der Waals surface area contributed by atoms with Gasteiger partial charge in [-0.3, -0.25) is 11.3 Å². The van der Waals surface area contributed by atoms with Crippen LogP contribution in [-0.4, -0.2) is 5.75 Å². The zero-order valence-corrected chi connectivity index (χ0v) is 13.0. The minimum atomic E-state index is 0.340. The number of hydrogen-bond donors (Lipinski definition) is 2. The third kappa shape index (κ3) is 3.50. The molecule has 0 aliphatic carbocycles. The molecule has 2 heterocycles. The van der Waals surface area contributed by atoms with Gasteiger partial charge in [-0.2, -0.15) is 11.8 Å². The monoisotopic (exact) mass is 284 g/mol. The largest absolute Gasteiger partial charge is 0.271 e. The second-order valence-electron chi connectivity index (χ2n) is 5.25. The van der Waals surface area contributed by atoms with E-state index in [0.717, 1.165) is 12.3 Å². The van der Waals surface area contributed by atoms with Crippen LogP contribution in [0.15, 0.2) is 6.07 Å². The Morgan fingerprint density at radius 2 is 2.33 bits per heavy atom. The van der Waals surface area contributed by atoms with Gasteiger partial charge in [-0.25, -0.2) is 0 Å². The summed E-state index contributed by atoms with van der Waals surface area (Å²) in [6, 6.07) is 2.72. The number of nitrogens with two attached hydrogens (primary N) is 1. The van der Waals surface area contributed by atoms with E-state index in [2.05, 4.69) is 25.3 Å². The second-order valence-corrected chi connectivity index (χ2v) is 7.52. The molecule has 0 bridgehead atoms. The van der Waals surface area contributed by atoms with Gasteiger partial charge in [0.25, 0.3) is 0 Å². The predicted molar refractivity (Wildman–Crippen MR) is 82.9 cm³/mol. The van der Waals surface area contributed by atoms with Gasteiger partial charge < -0.3 is 0 Å². The second kappa shape index (κ2) is 6.94. The molecule has 2 unspecified atom stereocenters. The Kier molecular flexibility index (Phi) is 5.55. The molecule has 0 aromatic carbocycles. The smallest absolute Gasteiger partial charge is 0.0556 e. The van der Waals surface area contributed by atoms with Crippen molar-refractivity contribution in [2.45, 2.75) is 51.3 Å². The zero-order chi connectivity index (χ0) is 13.0. The molecule has 1 aliphatic rings. The zero-order valence-electron chi connectivity index (χ0n) is 11.4. The van der Waals surface area contributed by atoms with Gasteiger partial charge in [0.05, 0.1) is 6.04 Å². The summed E-state index contributed by atoms with van der Waals surface area (Å²) in [5, 5.41) is 0. The molecular formula is C14H24N2S2. The molecule has 0 radical (unpaired) electrons. The van der Waals surface area contributed by atoms with E-state index in [1.54, 1.807) is 10.4 Å². The van der Waals surface area contributed by atoms with E-state index >= 15 is 0 Å². The Labute approximate surface area is 119 Å². The quantitative estimate of drug-likeness (QED) is 0.615. The van der Waals surface area contributed by atoms with Crippen LogP contribution in [0.5, 0.6) is 0 Å². The Bertz CT molecular complexity index is 352. The van der Waals surface area contributed by atoms with Crippen LogP contribution < -0.4 is 11.3 Å². The number of thiophene rings is 1. The van der Waals surface area contributed by atoms with E-state index in [4.69, 9.17) is 5.84 Å². The SMILES string of the molecule is CCCC(C)CC(NN)c1cc2c(s1)CCSC2. The number of thioether (sulfide) groups is 1. The van der Waals surface area contributed by atoms with E-state index < -0.39 is 0 Å². The van der Waals surface area contributed by atoms with Crippen LogP contribution in [0.4, 0.5) is 0 Å². The highest BCUT2D eigenvalue weighted by Crippen LogP contribution is 2.36. The molecule has 0 saturated heterocycles. The summed E-state index contributed by atoms with van der Waals surface area (Å²) in [5.74, 6) is 8.96. The van der Waals surface area contributed by atoms with Crippen LogP contribution in [0, 0.1) is 5.92 Å². The van der Waals surface area contributed by atoms with E-state index in [-0.39, 0.29) is 0 Å². The lowest BCUT2D eigenvalue weighted by atomic mass is 9.96. The molecule has 2 nitrogen and oxygen atoms in total. The fourth-order valence-corrected chi connectivity index (χ4v) is 5.07. The minimum absolute atomic E-state index is 0.340. The first-order valence-electron chi connectivity index (χ1n) is 6.90. The van der Waals surface area contributed by atoms with Crippen LogP contribution in [0.2, 0.25) is 0 Å². The Hall–Kier alpha value is -0.0300. The van der Waals surface area contributed by atoms with E-state index in [0.29, 0.717) is 6.04 Å². The van der Waals surface area contributed by atoms with Crippen molar-refractivity contribution in [3.63, 3.8) is 0 Å². The number of rotatable bonds is 6. The topological polar surface area (TPSA) is 38.0 Å². The first kappa shape index (κ1) is 14.4. The number of fused-ring (bicyclic) bond motifs is 1. The summed E-state index contributed by atoms with van der Waals surface area (Å²) in [5.41, 5.74) is 4.57. The molecule has 0 saturated carbocycles. The normalized spacial score (nSPS) is 18.4. The molecule has 0 amide bonds. The fraction of sp³-hybridized carbons (Fsp3) is 0.714. The molecule has 0 fully saturated rings. The van der Waals surface area contributed by atoms with Gasteiger partial charge in [-0.05, 0) is 36.1 Å². The molecule has 3 N–H and O–H groups in total. The van der Waals surface area contributed by atoms with Gasteiger partial charge in [-0.15, -0.1) is 11.3 Å². The van der Waals surface area contributed by atoms with Gasteiger partial charge in [0.1, 0.15) is 0 Å². The number of hydrogen-bond acceptors (Lipinski definition) is 4. The fourth-order valence-electron chi connectivity index (χ4n) is 2.62. The van der Waals surface area contributed by atoms with Crippen molar-refractivity contribution in [1.29, 1.82) is 0 Å². The molecular weight excluding hydrogens is 260 g/mol. The maximum absolute atomic E-state index is 5.76. The van der Waals surface area contributed by atoms with Crippen molar-refractivity contribution >= 4 is 23.1 Å². The van der Waals surface area contributed by atoms with E-state index in [1.165, 1.54) is 35.6 Å². The van der Waals surface area contributed by atoms with Gasteiger partial charge in [0.15, 0.2) is 0 Å². The van der Waals surface area contributed by atoms with Crippen molar-refractivity contribution in [1.82, 2.24) is 5.43 Å². The Morgan fingerprint density at radius 1 is 1.50 bits per heavy atom. The molecule has 1 aromatic heterocycles. The maximum Gasteiger partial charge on any atom is 0.0556 e. The summed E-state index contributed by atoms with van der Waals surface area (Å²) in [6.45, 7) is 4.58. The first-order valence-corrected chi connectivity index (χ1v) is 8.87. The standard InChI is InChI=1S/C14H24N2S2/c1-3-4-10(2)7-12(16-15)14-8-11-9-17-6-5-13(11)18-14/h8,10,12,16H,3-7,9,15H2,1-2H3. The summed E-state index contributed by atoms with van der Waals surface area (Å²) in [4.78, 5) is 3.03. The van der Waals surface area contributed by atoms with Crippen molar-refractivity contribution in [2.75, 3.05) is 5.75 Å². The highest BCUT2D eigenvalue weighted by molar-refractivity contribution is 7.98. The van der Waals surface area contributed by atoms with Gasteiger partial charge in [-0.1, -0.05) is 26.7 Å².